The molecule has 0 aromatic heterocycles. The molecule has 8 heteroatoms. The molecule has 0 bridgehead atoms. The third-order valence-corrected chi connectivity index (χ3v) is 5.52. The molecule has 1 aliphatic rings. The van der Waals surface area contributed by atoms with Gasteiger partial charge in [-0.05, 0) is 81.1 Å². The Balaban J connectivity index is 1.37. The molecule has 0 aliphatic heterocycles. The molecular formula is C25H29FN2O5. The summed E-state index contributed by atoms with van der Waals surface area (Å²) in [5, 5.41) is 5.41. The van der Waals surface area contributed by atoms with Crippen molar-refractivity contribution in [3.63, 3.8) is 0 Å². The van der Waals surface area contributed by atoms with E-state index in [1.807, 2.05) is 6.92 Å². The summed E-state index contributed by atoms with van der Waals surface area (Å²) in [6, 6.07) is 12.1. The monoisotopic (exact) mass is 456 g/mol. The summed E-state index contributed by atoms with van der Waals surface area (Å²) in [6.07, 6.45) is 3.12. The second kappa shape index (κ2) is 12.0. The van der Waals surface area contributed by atoms with Crippen LogP contribution in [0.5, 0.6) is 5.75 Å². The number of hydrogen-bond donors (Lipinski definition) is 2. The van der Waals surface area contributed by atoms with Crippen LogP contribution in [0, 0.1) is 11.7 Å². The van der Waals surface area contributed by atoms with E-state index in [2.05, 4.69) is 10.6 Å². The third kappa shape index (κ3) is 7.30. The topological polar surface area (TPSA) is 93.7 Å². The van der Waals surface area contributed by atoms with Gasteiger partial charge < -0.3 is 20.1 Å². The Morgan fingerprint density at radius 2 is 1.36 bits per heavy atom. The van der Waals surface area contributed by atoms with Crippen LogP contribution in [0.2, 0.25) is 0 Å². The summed E-state index contributed by atoms with van der Waals surface area (Å²) in [5.74, 6) is -0.485. The molecule has 0 spiro atoms. The summed E-state index contributed by atoms with van der Waals surface area (Å²) in [7, 11) is 0. The Labute approximate surface area is 192 Å². The number of carbonyl (C=O) groups is 3. The number of ether oxygens (including phenoxy) is 2. The van der Waals surface area contributed by atoms with Gasteiger partial charge in [-0.2, -0.15) is 0 Å². The molecule has 1 fully saturated rings. The molecule has 33 heavy (non-hydrogen) atoms. The molecule has 0 unspecified atom stereocenters. The minimum absolute atomic E-state index is 0.0417. The van der Waals surface area contributed by atoms with Crippen LogP contribution in [0.25, 0.3) is 0 Å². The van der Waals surface area contributed by atoms with E-state index in [0.717, 1.165) is 25.7 Å². The van der Waals surface area contributed by atoms with Gasteiger partial charge in [-0.15, -0.1) is 0 Å². The molecule has 2 aromatic rings. The highest BCUT2D eigenvalue weighted by molar-refractivity contribution is 5.95. The van der Waals surface area contributed by atoms with Gasteiger partial charge in [-0.3, -0.25) is 14.4 Å². The van der Waals surface area contributed by atoms with E-state index in [1.54, 1.807) is 24.3 Å². The SMILES string of the molecule is CCOC(=O)C1CCC(Oc2ccc(C(=O)NCCNC(=O)c3ccc(F)cc3)cc2)CC1. The molecule has 2 aromatic carbocycles. The molecule has 0 heterocycles. The molecule has 1 saturated carbocycles. The summed E-state index contributed by atoms with van der Waals surface area (Å²) < 4.78 is 24.0. The lowest BCUT2D eigenvalue weighted by molar-refractivity contribution is -0.149. The van der Waals surface area contributed by atoms with Crippen LogP contribution >= 0.6 is 0 Å². The van der Waals surface area contributed by atoms with Gasteiger partial charge in [0.2, 0.25) is 0 Å². The van der Waals surface area contributed by atoms with Gasteiger partial charge in [-0.1, -0.05) is 0 Å². The Morgan fingerprint density at radius 3 is 1.88 bits per heavy atom. The third-order valence-electron chi connectivity index (χ3n) is 5.52. The van der Waals surface area contributed by atoms with Gasteiger partial charge in [0, 0.05) is 24.2 Å². The lowest BCUT2D eigenvalue weighted by Crippen LogP contribution is -2.34. The van der Waals surface area contributed by atoms with Crippen molar-refractivity contribution in [1.29, 1.82) is 0 Å². The first kappa shape index (κ1) is 24.2. The molecule has 2 N–H and O–H groups in total. The van der Waals surface area contributed by atoms with E-state index >= 15 is 0 Å². The van der Waals surface area contributed by atoms with Gasteiger partial charge in [-0.25, -0.2) is 4.39 Å². The Hall–Kier alpha value is -3.42. The van der Waals surface area contributed by atoms with Crippen LogP contribution in [0.4, 0.5) is 4.39 Å². The Morgan fingerprint density at radius 1 is 0.848 bits per heavy atom. The fraction of sp³-hybridized carbons (Fsp3) is 0.400. The number of hydrogen-bond acceptors (Lipinski definition) is 5. The van der Waals surface area contributed by atoms with E-state index in [9.17, 15) is 18.8 Å². The highest BCUT2D eigenvalue weighted by Gasteiger charge is 2.28. The van der Waals surface area contributed by atoms with Gasteiger partial charge in [0.1, 0.15) is 11.6 Å². The number of halogens is 1. The Bertz CT molecular complexity index is 938. The lowest BCUT2D eigenvalue weighted by atomic mass is 9.87. The zero-order valence-electron chi connectivity index (χ0n) is 18.6. The molecule has 3 rings (SSSR count). The number of benzene rings is 2. The summed E-state index contributed by atoms with van der Waals surface area (Å²) in [6.45, 7) is 2.72. The molecule has 0 saturated heterocycles. The molecule has 2 amide bonds. The quantitative estimate of drug-likeness (QED) is 0.445. The molecule has 7 nitrogen and oxygen atoms in total. The van der Waals surface area contributed by atoms with Crippen molar-refractivity contribution in [2.45, 2.75) is 38.7 Å². The number of carbonyl (C=O) groups excluding carboxylic acids is 3. The van der Waals surface area contributed by atoms with Crippen LogP contribution < -0.4 is 15.4 Å². The van der Waals surface area contributed by atoms with Gasteiger partial charge >= 0.3 is 5.97 Å². The summed E-state index contributed by atoms with van der Waals surface area (Å²) in [4.78, 5) is 36.1. The summed E-state index contributed by atoms with van der Waals surface area (Å²) in [5.41, 5.74) is 0.839. The van der Waals surface area contributed by atoms with Crippen molar-refractivity contribution in [2.24, 2.45) is 5.92 Å². The van der Waals surface area contributed by atoms with Gasteiger partial charge in [0.15, 0.2) is 0 Å². The first-order valence-electron chi connectivity index (χ1n) is 11.2. The van der Waals surface area contributed by atoms with Crippen molar-refractivity contribution >= 4 is 17.8 Å². The molecule has 0 radical (unpaired) electrons. The van der Waals surface area contributed by atoms with E-state index in [4.69, 9.17) is 9.47 Å². The predicted molar refractivity (Wildman–Crippen MR) is 121 cm³/mol. The first-order valence-corrected chi connectivity index (χ1v) is 11.2. The van der Waals surface area contributed by atoms with Gasteiger partial charge in [0.05, 0.1) is 18.6 Å². The second-order valence-electron chi connectivity index (χ2n) is 7.89. The molecule has 0 atom stereocenters. The number of esters is 1. The van der Waals surface area contributed by atoms with E-state index in [1.165, 1.54) is 24.3 Å². The highest BCUT2D eigenvalue weighted by atomic mass is 19.1. The number of nitrogens with one attached hydrogen (secondary N) is 2. The van der Waals surface area contributed by atoms with E-state index < -0.39 is 5.82 Å². The normalized spacial score (nSPS) is 17.6. The Kier molecular flexibility index (Phi) is 8.80. The minimum Gasteiger partial charge on any atom is -0.490 e. The maximum atomic E-state index is 12.9. The summed E-state index contributed by atoms with van der Waals surface area (Å²) >= 11 is 0. The van der Waals surface area contributed by atoms with Crippen molar-refractivity contribution in [2.75, 3.05) is 19.7 Å². The molecular weight excluding hydrogens is 427 g/mol. The van der Waals surface area contributed by atoms with Crippen LogP contribution in [0.15, 0.2) is 48.5 Å². The zero-order chi connectivity index (χ0) is 23.6. The average Bonchev–Trinajstić information content (AvgIpc) is 2.83. The minimum atomic E-state index is -0.406. The van der Waals surface area contributed by atoms with Crippen molar-refractivity contribution in [3.05, 3.63) is 65.5 Å². The zero-order valence-corrected chi connectivity index (χ0v) is 18.6. The molecule has 176 valence electrons. The number of rotatable bonds is 9. The van der Waals surface area contributed by atoms with Crippen LogP contribution in [0.3, 0.4) is 0 Å². The van der Waals surface area contributed by atoms with Gasteiger partial charge in [0.25, 0.3) is 11.8 Å². The fourth-order valence-corrected chi connectivity index (χ4v) is 3.71. The van der Waals surface area contributed by atoms with Crippen LogP contribution in [-0.2, 0) is 9.53 Å². The lowest BCUT2D eigenvalue weighted by Gasteiger charge is -2.27. The van der Waals surface area contributed by atoms with E-state index in [0.29, 0.717) is 23.5 Å². The predicted octanol–water partition coefficient (Wildman–Crippen LogP) is 3.49. The van der Waals surface area contributed by atoms with Crippen LogP contribution in [0.1, 0.15) is 53.3 Å². The second-order valence-corrected chi connectivity index (χ2v) is 7.89. The largest absolute Gasteiger partial charge is 0.490 e. The maximum Gasteiger partial charge on any atom is 0.308 e. The number of amides is 2. The standard InChI is InChI=1S/C25H29FN2O5/c1-2-32-25(31)19-7-13-22(14-8-19)33-21-11-5-18(6-12-21)24(30)28-16-15-27-23(29)17-3-9-20(26)10-4-17/h3-6,9-12,19,22H,2,7-8,13-16H2,1H3,(H,27,29)(H,28,30). The smallest absolute Gasteiger partial charge is 0.308 e. The molecule has 1 aliphatic carbocycles. The maximum absolute atomic E-state index is 12.9. The first-order chi connectivity index (χ1) is 16.0. The van der Waals surface area contributed by atoms with Crippen molar-refractivity contribution in [1.82, 2.24) is 10.6 Å². The fourth-order valence-electron chi connectivity index (χ4n) is 3.71. The van der Waals surface area contributed by atoms with Crippen molar-refractivity contribution < 1.29 is 28.2 Å². The average molecular weight is 457 g/mol. The van der Waals surface area contributed by atoms with Crippen molar-refractivity contribution in [3.8, 4) is 5.75 Å². The van der Waals surface area contributed by atoms with E-state index in [-0.39, 0.29) is 42.9 Å². The highest BCUT2D eigenvalue weighted by Crippen LogP contribution is 2.28. The van der Waals surface area contributed by atoms with Crippen LogP contribution in [-0.4, -0.2) is 43.6 Å².